The summed E-state index contributed by atoms with van der Waals surface area (Å²) in [7, 11) is 1.55. The second-order valence-electron chi connectivity index (χ2n) is 4.21. The zero-order valence-corrected chi connectivity index (χ0v) is 12.7. The van der Waals surface area contributed by atoms with E-state index < -0.39 is 0 Å². The van der Waals surface area contributed by atoms with Crippen LogP contribution in [0.1, 0.15) is 15.9 Å². The van der Waals surface area contributed by atoms with Crippen molar-refractivity contribution in [1.29, 1.82) is 0 Å². The van der Waals surface area contributed by atoms with Crippen molar-refractivity contribution in [2.45, 2.75) is 6.42 Å². The predicted molar refractivity (Wildman–Crippen MR) is 81.0 cm³/mol. The molecule has 0 bridgehead atoms. The minimum absolute atomic E-state index is 0.136. The maximum Gasteiger partial charge on any atom is 0.255 e. The third kappa shape index (κ3) is 3.81. The van der Waals surface area contributed by atoms with Crippen molar-refractivity contribution in [2.75, 3.05) is 13.7 Å². The first-order valence-electron chi connectivity index (χ1n) is 6.21. The largest absolute Gasteiger partial charge is 0.496 e. The van der Waals surface area contributed by atoms with Crippen LogP contribution >= 0.6 is 15.9 Å². The molecule has 2 rings (SSSR count). The van der Waals surface area contributed by atoms with Gasteiger partial charge in [0.15, 0.2) is 0 Å². The van der Waals surface area contributed by atoms with Crippen LogP contribution in [0.5, 0.6) is 5.75 Å². The number of carbonyl (C=O) groups is 1. The van der Waals surface area contributed by atoms with Gasteiger partial charge in [0.05, 0.1) is 12.7 Å². The van der Waals surface area contributed by atoms with Gasteiger partial charge in [0, 0.05) is 23.4 Å². The number of halogens is 1. The third-order valence-corrected chi connectivity index (χ3v) is 3.35. The molecule has 0 aliphatic heterocycles. The van der Waals surface area contributed by atoms with Crippen LogP contribution in [0.2, 0.25) is 0 Å². The van der Waals surface area contributed by atoms with Gasteiger partial charge in [-0.3, -0.25) is 9.78 Å². The van der Waals surface area contributed by atoms with Gasteiger partial charge in [-0.05, 0) is 42.3 Å². The highest BCUT2D eigenvalue weighted by molar-refractivity contribution is 9.10. The Labute approximate surface area is 126 Å². The molecule has 0 spiro atoms. The molecule has 5 heteroatoms. The van der Waals surface area contributed by atoms with Crippen molar-refractivity contribution in [2.24, 2.45) is 0 Å². The molecule has 0 radical (unpaired) electrons. The SMILES string of the molecule is COc1cc(Br)ccc1C(=O)NCCc1ccncc1. The molecule has 1 amide bonds. The van der Waals surface area contributed by atoms with Crippen molar-refractivity contribution in [1.82, 2.24) is 10.3 Å². The third-order valence-electron chi connectivity index (χ3n) is 2.86. The molecule has 0 saturated carbocycles. The number of hydrogen-bond donors (Lipinski definition) is 1. The molecule has 0 saturated heterocycles. The van der Waals surface area contributed by atoms with E-state index in [0.717, 1.165) is 16.5 Å². The number of benzene rings is 1. The molecular weight excluding hydrogens is 320 g/mol. The molecule has 0 aliphatic rings. The van der Waals surface area contributed by atoms with Gasteiger partial charge < -0.3 is 10.1 Å². The van der Waals surface area contributed by atoms with Crippen LogP contribution in [-0.4, -0.2) is 24.5 Å². The van der Waals surface area contributed by atoms with Gasteiger partial charge in [0.1, 0.15) is 5.75 Å². The molecular formula is C15H15BrN2O2. The molecule has 0 atom stereocenters. The minimum Gasteiger partial charge on any atom is -0.496 e. The summed E-state index contributed by atoms with van der Waals surface area (Å²) in [6.45, 7) is 0.571. The Kier molecular flexibility index (Phi) is 5.12. The van der Waals surface area contributed by atoms with Gasteiger partial charge in [0.2, 0.25) is 0 Å². The average Bonchev–Trinajstić information content (AvgIpc) is 2.48. The number of amides is 1. The predicted octanol–water partition coefficient (Wildman–Crippen LogP) is 2.83. The lowest BCUT2D eigenvalue weighted by Gasteiger charge is -2.09. The van der Waals surface area contributed by atoms with Gasteiger partial charge in [-0.15, -0.1) is 0 Å². The van der Waals surface area contributed by atoms with Crippen LogP contribution in [0.3, 0.4) is 0 Å². The summed E-state index contributed by atoms with van der Waals surface area (Å²) in [5.74, 6) is 0.421. The Morgan fingerprint density at radius 2 is 2.05 bits per heavy atom. The summed E-state index contributed by atoms with van der Waals surface area (Å²) in [6.07, 6.45) is 4.26. The second-order valence-corrected chi connectivity index (χ2v) is 5.12. The second kappa shape index (κ2) is 7.05. The number of nitrogens with zero attached hydrogens (tertiary/aromatic N) is 1. The molecule has 104 valence electrons. The molecule has 1 aromatic heterocycles. The summed E-state index contributed by atoms with van der Waals surface area (Å²) in [6, 6.07) is 9.21. The lowest BCUT2D eigenvalue weighted by Crippen LogP contribution is -2.26. The fourth-order valence-electron chi connectivity index (χ4n) is 1.82. The number of rotatable bonds is 5. The Balaban J connectivity index is 1.95. The van der Waals surface area contributed by atoms with E-state index in [2.05, 4.69) is 26.2 Å². The normalized spacial score (nSPS) is 10.1. The highest BCUT2D eigenvalue weighted by Gasteiger charge is 2.11. The quantitative estimate of drug-likeness (QED) is 0.914. The lowest BCUT2D eigenvalue weighted by atomic mass is 10.1. The van der Waals surface area contributed by atoms with E-state index in [4.69, 9.17) is 4.74 Å². The highest BCUT2D eigenvalue weighted by atomic mass is 79.9. The summed E-state index contributed by atoms with van der Waals surface area (Å²) in [5.41, 5.74) is 1.67. The number of nitrogens with one attached hydrogen (secondary N) is 1. The summed E-state index contributed by atoms with van der Waals surface area (Å²) in [5, 5.41) is 2.89. The van der Waals surface area contributed by atoms with Crippen LogP contribution in [-0.2, 0) is 6.42 Å². The van der Waals surface area contributed by atoms with Crippen LogP contribution in [0.15, 0.2) is 47.2 Å². The first-order chi connectivity index (χ1) is 9.70. The van der Waals surface area contributed by atoms with Crippen LogP contribution in [0, 0.1) is 0 Å². The molecule has 1 aromatic carbocycles. The molecule has 4 nitrogen and oxygen atoms in total. The van der Waals surface area contributed by atoms with Crippen molar-refractivity contribution in [3.05, 3.63) is 58.3 Å². The van der Waals surface area contributed by atoms with Gasteiger partial charge in [0.25, 0.3) is 5.91 Å². The number of methoxy groups -OCH3 is 1. The van der Waals surface area contributed by atoms with Crippen LogP contribution in [0.4, 0.5) is 0 Å². The van der Waals surface area contributed by atoms with Gasteiger partial charge >= 0.3 is 0 Å². The molecule has 0 aliphatic carbocycles. The van der Waals surface area contributed by atoms with Crippen molar-refractivity contribution >= 4 is 21.8 Å². The summed E-state index contributed by atoms with van der Waals surface area (Å²) < 4.78 is 6.09. The summed E-state index contributed by atoms with van der Waals surface area (Å²) >= 11 is 3.35. The van der Waals surface area contributed by atoms with E-state index in [1.807, 2.05) is 18.2 Å². The molecule has 0 fully saturated rings. The van der Waals surface area contributed by atoms with E-state index >= 15 is 0 Å². The van der Waals surface area contributed by atoms with Crippen LogP contribution in [0.25, 0.3) is 0 Å². The Morgan fingerprint density at radius 3 is 2.75 bits per heavy atom. The first-order valence-corrected chi connectivity index (χ1v) is 7.00. The van der Waals surface area contributed by atoms with E-state index in [1.54, 1.807) is 31.6 Å². The van der Waals surface area contributed by atoms with Gasteiger partial charge in [-0.25, -0.2) is 0 Å². The Morgan fingerprint density at radius 1 is 1.30 bits per heavy atom. The molecule has 1 N–H and O–H groups in total. The van der Waals surface area contributed by atoms with Crippen LogP contribution < -0.4 is 10.1 Å². The zero-order valence-electron chi connectivity index (χ0n) is 11.1. The zero-order chi connectivity index (χ0) is 14.4. The van der Waals surface area contributed by atoms with E-state index in [-0.39, 0.29) is 5.91 Å². The first kappa shape index (κ1) is 14.5. The van der Waals surface area contributed by atoms with E-state index in [9.17, 15) is 4.79 Å². The van der Waals surface area contributed by atoms with Gasteiger partial charge in [-0.1, -0.05) is 15.9 Å². The number of hydrogen-bond acceptors (Lipinski definition) is 3. The Hall–Kier alpha value is -1.88. The lowest BCUT2D eigenvalue weighted by molar-refractivity contribution is 0.0951. The smallest absolute Gasteiger partial charge is 0.255 e. The highest BCUT2D eigenvalue weighted by Crippen LogP contribution is 2.23. The average molecular weight is 335 g/mol. The molecule has 1 heterocycles. The van der Waals surface area contributed by atoms with E-state index in [0.29, 0.717) is 17.9 Å². The fourth-order valence-corrected chi connectivity index (χ4v) is 2.16. The van der Waals surface area contributed by atoms with E-state index in [1.165, 1.54) is 0 Å². The number of ether oxygens (including phenoxy) is 1. The monoisotopic (exact) mass is 334 g/mol. The Bertz CT molecular complexity index is 588. The number of pyridine rings is 1. The topological polar surface area (TPSA) is 51.2 Å². The summed E-state index contributed by atoms with van der Waals surface area (Å²) in [4.78, 5) is 16.1. The maximum atomic E-state index is 12.1. The standard InChI is InChI=1S/C15H15BrN2O2/c1-20-14-10-12(16)2-3-13(14)15(19)18-9-6-11-4-7-17-8-5-11/h2-5,7-8,10H,6,9H2,1H3,(H,18,19). The minimum atomic E-state index is -0.136. The van der Waals surface area contributed by atoms with Gasteiger partial charge in [-0.2, -0.15) is 0 Å². The van der Waals surface area contributed by atoms with Crippen molar-refractivity contribution in [3.63, 3.8) is 0 Å². The van der Waals surface area contributed by atoms with Crippen molar-refractivity contribution < 1.29 is 9.53 Å². The fraction of sp³-hybridized carbons (Fsp3) is 0.200. The molecule has 2 aromatic rings. The number of aromatic nitrogens is 1. The molecule has 0 unspecified atom stereocenters. The maximum absolute atomic E-state index is 12.1. The molecule has 20 heavy (non-hydrogen) atoms. The number of carbonyl (C=O) groups excluding carboxylic acids is 1. The van der Waals surface area contributed by atoms with Crippen molar-refractivity contribution in [3.8, 4) is 5.75 Å².